The predicted octanol–water partition coefficient (Wildman–Crippen LogP) is 3.99. The fraction of sp³-hybridized carbons (Fsp3) is 0.217. The molecule has 0 atom stereocenters. The van der Waals surface area contributed by atoms with Gasteiger partial charge in [-0.3, -0.25) is 4.79 Å². The Bertz CT molecular complexity index is 1020. The van der Waals surface area contributed by atoms with Gasteiger partial charge in [-0.05, 0) is 49.7 Å². The number of nitrogens with zero attached hydrogens (tertiary/aromatic N) is 2. The lowest BCUT2D eigenvalue weighted by Gasteiger charge is -2.10. The predicted molar refractivity (Wildman–Crippen MR) is 109 cm³/mol. The number of hydrogen-bond donors (Lipinski definition) is 0. The molecule has 3 rings (SSSR count). The highest BCUT2D eigenvalue weighted by atomic mass is 16.5. The van der Waals surface area contributed by atoms with Crippen molar-refractivity contribution in [3.05, 3.63) is 89.0 Å². The number of amides is 1. The zero-order valence-electron chi connectivity index (χ0n) is 16.4. The third-order valence-corrected chi connectivity index (χ3v) is 4.32. The number of aryl methyl sites for hydroxylation is 1. The van der Waals surface area contributed by atoms with E-state index in [1.165, 1.54) is 5.56 Å². The molecule has 0 saturated carbocycles. The summed E-state index contributed by atoms with van der Waals surface area (Å²) in [5, 5.41) is 0. The van der Waals surface area contributed by atoms with E-state index in [4.69, 9.17) is 9.47 Å². The quantitative estimate of drug-likeness (QED) is 0.654. The van der Waals surface area contributed by atoms with Gasteiger partial charge in [0.1, 0.15) is 5.49 Å². The molecule has 0 unspecified atom stereocenters. The number of carbonyl (C=O) groups excluding carboxylic acids is 1. The molecule has 3 aromatic rings. The van der Waals surface area contributed by atoms with Crippen LogP contribution in [0.3, 0.4) is 0 Å². The van der Waals surface area contributed by atoms with Gasteiger partial charge in [0.15, 0.2) is 11.5 Å². The first-order valence-corrected chi connectivity index (χ1v) is 9.21. The molecule has 0 N–H and O–H groups in total. The van der Waals surface area contributed by atoms with Crippen molar-refractivity contribution in [3.63, 3.8) is 0 Å². The topological polar surface area (TPSA) is 52.8 Å². The van der Waals surface area contributed by atoms with Crippen molar-refractivity contribution < 1.29 is 14.3 Å². The van der Waals surface area contributed by atoms with Crippen LogP contribution in [0.4, 0.5) is 0 Å². The molecule has 1 amide bonds. The minimum Gasteiger partial charge on any atom is -0.493 e. The maximum Gasteiger partial charge on any atom is 0.279 e. The molecular weight excluding hydrogens is 352 g/mol. The van der Waals surface area contributed by atoms with Crippen molar-refractivity contribution in [2.75, 3.05) is 13.7 Å². The third kappa shape index (κ3) is 4.68. The summed E-state index contributed by atoms with van der Waals surface area (Å²) in [4.78, 5) is 17.1. The van der Waals surface area contributed by atoms with Gasteiger partial charge in [-0.1, -0.05) is 35.9 Å². The highest BCUT2D eigenvalue weighted by molar-refractivity contribution is 5.95. The second-order valence-electron chi connectivity index (χ2n) is 6.39. The molecule has 0 fully saturated rings. The molecule has 144 valence electrons. The van der Waals surface area contributed by atoms with Crippen LogP contribution < -0.4 is 15.0 Å². The smallest absolute Gasteiger partial charge is 0.279 e. The van der Waals surface area contributed by atoms with E-state index in [0.29, 0.717) is 35.7 Å². The summed E-state index contributed by atoms with van der Waals surface area (Å²) in [6, 6.07) is 19.0. The summed E-state index contributed by atoms with van der Waals surface area (Å²) in [7, 11) is 1.57. The number of rotatable bonds is 6. The Balaban J connectivity index is 1.92. The van der Waals surface area contributed by atoms with E-state index in [1.54, 1.807) is 25.3 Å². The first-order chi connectivity index (χ1) is 13.6. The second-order valence-corrected chi connectivity index (χ2v) is 6.39. The largest absolute Gasteiger partial charge is 0.493 e. The Kier molecular flexibility index (Phi) is 6.27. The first kappa shape index (κ1) is 19.4. The molecule has 0 aliphatic carbocycles. The zero-order valence-corrected chi connectivity index (χ0v) is 16.4. The van der Waals surface area contributed by atoms with Gasteiger partial charge in [0.25, 0.3) is 5.91 Å². The number of benzene rings is 2. The van der Waals surface area contributed by atoms with E-state index in [-0.39, 0.29) is 5.91 Å². The highest BCUT2D eigenvalue weighted by Gasteiger charge is 2.10. The van der Waals surface area contributed by atoms with Crippen LogP contribution in [-0.4, -0.2) is 24.2 Å². The van der Waals surface area contributed by atoms with Crippen molar-refractivity contribution in [1.29, 1.82) is 0 Å². The minimum absolute atomic E-state index is 0.326. The van der Waals surface area contributed by atoms with E-state index in [2.05, 4.69) is 36.2 Å². The van der Waals surface area contributed by atoms with Crippen LogP contribution in [-0.2, 0) is 6.54 Å². The third-order valence-electron chi connectivity index (χ3n) is 4.32. The standard InChI is InChI=1S/C23H24N2O3/c1-4-28-21-15-19(12-13-20(21)27-3)23(26)24-22-7-5-6-14-25(22)16-18-10-8-17(2)9-11-18/h5-15H,4,16H2,1-3H3. The van der Waals surface area contributed by atoms with E-state index in [9.17, 15) is 4.79 Å². The Hall–Kier alpha value is -3.34. The van der Waals surface area contributed by atoms with E-state index < -0.39 is 0 Å². The molecule has 0 spiro atoms. The van der Waals surface area contributed by atoms with Crippen LogP contribution in [0.1, 0.15) is 28.4 Å². The molecule has 1 aromatic heterocycles. The van der Waals surface area contributed by atoms with Crippen molar-refractivity contribution in [1.82, 2.24) is 4.57 Å². The molecule has 0 aliphatic heterocycles. The lowest BCUT2D eigenvalue weighted by atomic mass is 10.1. The Labute approximate surface area is 164 Å². The Morgan fingerprint density at radius 3 is 2.54 bits per heavy atom. The van der Waals surface area contributed by atoms with Gasteiger partial charge in [0.2, 0.25) is 0 Å². The van der Waals surface area contributed by atoms with Crippen molar-refractivity contribution in [3.8, 4) is 11.5 Å². The number of pyridine rings is 1. The van der Waals surface area contributed by atoms with E-state index in [0.717, 1.165) is 5.56 Å². The maximum absolute atomic E-state index is 12.7. The fourth-order valence-electron chi connectivity index (χ4n) is 2.84. The summed E-state index contributed by atoms with van der Waals surface area (Å²) in [5.74, 6) is 0.798. The van der Waals surface area contributed by atoms with Gasteiger partial charge in [-0.15, -0.1) is 0 Å². The first-order valence-electron chi connectivity index (χ1n) is 9.21. The summed E-state index contributed by atoms with van der Waals surface area (Å²) < 4.78 is 12.8. The monoisotopic (exact) mass is 376 g/mol. The van der Waals surface area contributed by atoms with Crippen molar-refractivity contribution in [2.45, 2.75) is 20.4 Å². The lowest BCUT2D eigenvalue weighted by molar-refractivity contribution is 0.0996. The summed E-state index contributed by atoms with van der Waals surface area (Å²) >= 11 is 0. The van der Waals surface area contributed by atoms with Crippen LogP contribution in [0.2, 0.25) is 0 Å². The molecule has 0 bridgehead atoms. The molecule has 28 heavy (non-hydrogen) atoms. The van der Waals surface area contributed by atoms with E-state index >= 15 is 0 Å². The normalized spacial score (nSPS) is 11.3. The zero-order chi connectivity index (χ0) is 19.9. The Morgan fingerprint density at radius 1 is 1.04 bits per heavy atom. The van der Waals surface area contributed by atoms with Crippen LogP contribution in [0.5, 0.6) is 11.5 Å². The number of aromatic nitrogens is 1. The summed E-state index contributed by atoms with van der Waals surface area (Å²) in [5.41, 5.74) is 3.41. The van der Waals surface area contributed by atoms with Crippen LogP contribution >= 0.6 is 0 Å². The lowest BCUT2D eigenvalue weighted by Crippen LogP contribution is -2.22. The van der Waals surface area contributed by atoms with Gasteiger partial charge < -0.3 is 14.0 Å². The molecule has 0 saturated heterocycles. The Morgan fingerprint density at radius 2 is 1.82 bits per heavy atom. The molecule has 5 nitrogen and oxygen atoms in total. The molecule has 2 aromatic carbocycles. The molecule has 0 radical (unpaired) electrons. The maximum atomic E-state index is 12.7. The average molecular weight is 376 g/mol. The number of carbonyl (C=O) groups is 1. The van der Waals surface area contributed by atoms with Gasteiger partial charge in [-0.2, -0.15) is 4.99 Å². The number of hydrogen-bond acceptors (Lipinski definition) is 3. The fourth-order valence-corrected chi connectivity index (χ4v) is 2.84. The van der Waals surface area contributed by atoms with Crippen LogP contribution in [0.15, 0.2) is 71.9 Å². The van der Waals surface area contributed by atoms with Gasteiger partial charge in [-0.25, -0.2) is 0 Å². The summed E-state index contributed by atoms with van der Waals surface area (Å²) in [6.07, 6.45) is 1.92. The SMILES string of the molecule is CCOc1cc(C(=O)N=c2ccccn2Cc2ccc(C)cc2)ccc1OC. The van der Waals surface area contributed by atoms with Crippen molar-refractivity contribution >= 4 is 5.91 Å². The molecule has 1 heterocycles. The van der Waals surface area contributed by atoms with E-state index in [1.807, 2.05) is 35.9 Å². The van der Waals surface area contributed by atoms with Gasteiger partial charge in [0.05, 0.1) is 13.7 Å². The molecular formula is C23H24N2O3. The van der Waals surface area contributed by atoms with Crippen LogP contribution in [0, 0.1) is 6.92 Å². The van der Waals surface area contributed by atoms with Gasteiger partial charge in [0, 0.05) is 18.3 Å². The number of ether oxygens (including phenoxy) is 2. The van der Waals surface area contributed by atoms with Gasteiger partial charge >= 0.3 is 0 Å². The minimum atomic E-state index is -0.326. The van der Waals surface area contributed by atoms with Crippen LogP contribution in [0.25, 0.3) is 0 Å². The molecule has 0 aliphatic rings. The number of methoxy groups -OCH3 is 1. The highest BCUT2D eigenvalue weighted by Crippen LogP contribution is 2.28. The molecule has 5 heteroatoms. The second kappa shape index (κ2) is 9.04. The average Bonchev–Trinajstić information content (AvgIpc) is 2.71. The summed E-state index contributed by atoms with van der Waals surface area (Å²) in [6.45, 7) is 5.07. The van der Waals surface area contributed by atoms with Crippen molar-refractivity contribution in [2.24, 2.45) is 4.99 Å².